The Morgan fingerprint density at radius 2 is 1.76 bits per heavy atom. The fraction of sp³-hybridized carbons (Fsp3) is 0.292. The molecule has 1 aliphatic heterocycles. The smallest absolute Gasteiger partial charge is 0.251 e. The van der Waals surface area contributed by atoms with E-state index in [1.165, 1.54) is 7.11 Å². The normalized spacial score (nSPS) is 14.4. The summed E-state index contributed by atoms with van der Waals surface area (Å²) in [4.78, 5) is 25.6. The highest BCUT2D eigenvalue weighted by molar-refractivity contribution is 6.04. The van der Waals surface area contributed by atoms with Crippen LogP contribution in [0.2, 0.25) is 0 Å². The number of amides is 2. The Balaban J connectivity index is 1.66. The molecule has 1 aliphatic rings. The lowest BCUT2D eigenvalue weighted by Crippen LogP contribution is -2.24. The van der Waals surface area contributed by atoms with E-state index in [9.17, 15) is 9.59 Å². The Bertz CT molecular complexity index is 1220. The van der Waals surface area contributed by atoms with E-state index in [2.05, 4.69) is 15.7 Å². The predicted molar refractivity (Wildman–Crippen MR) is 125 cm³/mol. The maximum atomic E-state index is 12.8. The second kappa shape index (κ2) is 9.84. The summed E-state index contributed by atoms with van der Waals surface area (Å²) in [5.74, 6) is 1.50. The van der Waals surface area contributed by atoms with Gasteiger partial charge in [0.05, 0.1) is 51.3 Å². The molecule has 10 heteroatoms. The van der Waals surface area contributed by atoms with Gasteiger partial charge < -0.3 is 29.6 Å². The molecule has 0 spiro atoms. The number of ether oxygens (including phenoxy) is 4. The molecule has 3 aromatic rings. The molecule has 2 N–H and O–H groups in total. The number of methoxy groups -OCH3 is 4. The average molecular weight is 466 g/mol. The number of nitrogens with one attached hydrogen (secondary N) is 2. The van der Waals surface area contributed by atoms with Crippen LogP contribution in [0.1, 0.15) is 18.2 Å². The minimum atomic E-state index is -0.811. The number of benzene rings is 2. The van der Waals surface area contributed by atoms with Crippen LogP contribution in [0.4, 0.5) is 11.5 Å². The van der Waals surface area contributed by atoms with Crippen molar-refractivity contribution in [3.8, 4) is 28.4 Å². The first-order valence-electron chi connectivity index (χ1n) is 10.6. The lowest BCUT2D eigenvalue weighted by Gasteiger charge is -2.12. The molecule has 4 rings (SSSR count). The number of nitrogens with zero attached hydrogens (tertiary/aromatic N) is 2. The lowest BCUT2D eigenvalue weighted by molar-refractivity contribution is -0.123. The van der Waals surface area contributed by atoms with E-state index in [0.717, 1.165) is 5.56 Å². The van der Waals surface area contributed by atoms with Crippen molar-refractivity contribution < 1.29 is 28.5 Å². The van der Waals surface area contributed by atoms with Gasteiger partial charge in [-0.25, -0.2) is 4.68 Å². The zero-order chi connectivity index (χ0) is 24.2. The number of fused-ring (bicyclic) bond motifs is 1. The van der Waals surface area contributed by atoms with Crippen LogP contribution in [0, 0.1) is 0 Å². The molecule has 1 aromatic heterocycles. The van der Waals surface area contributed by atoms with Crippen molar-refractivity contribution in [2.75, 3.05) is 39.1 Å². The lowest BCUT2D eigenvalue weighted by atomic mass is 10.0. The number of hydrogen-bond donors (Lipinski definition) is 2. The fourth-order valence-corrected chi connectivity index (χ4v) is 3.97. The van der Waals surface area contributed by atoms with Gasteiger partial charge in [0.1, 0.15) is 17.6 Å². The summed E-state index contributed by atoms with van der Waals surface area (Å²) >= 11 is 0. The molecule has 0 bridgehead atoms. The standard InChI is InChI=1S/C24H26N4O6/c1-31-13-16-22(14-9-10-19(33-3)20(11-14)34-4)23-26-24(30)17(28(23)27-16)12-21(29)25-15-7-5-6-8-18(15)32-2/h5-11,17H,12-13H2,1-4H3,(H,25,29)(H,26,30). The molecule has 2 aromatic carbocycles. The van der Waals surface area contributed by atoms with Gasteiger partial charge in [0.15, 0.2) is 11.5 Å². The number of carbonyl (C=O) groups excluding carboxylic acids is 2. The summed E-state index contributed by atoms with van der Waals surface area (Å²) in [5.41, 5.74) is 2.62. The van der Waals surface area contributed by atoms with Gasteiger partial charge in [0.25, 0.3) is 5.91 Å². The first kappa shape index (κ1) is 23.1. The summed E-state index contributed by atoms with van der Waals surface area (Å²) in [7, 11) is 6.21. The van der Waals surface area contributed by atoms with Gasteiger partial charge in [-0.15, -0.1) is 0 Å². The summed E-state index contributed by atoms with van der Waals surface area (Å²) in [6.45, 7) is 0.222. The summed E-state index contributed by atoms with van der Waals surface area (Å²) in [6.07, 6.45) is -0.101. The predicted octanol–water partition coefficient (Wildman–Crippen LogP) is 3.24. The third-order valence-corrected chi connectivity index (χ3v) is 5.54. The van der Waals surface area contributed by atoms with Gasteiger partial charge in [0.2, 0.25) is 5.91 Å². The molecule has 34 heavy (non-hydrogen) atoms. The van der Waals surface area contributed by atoms with Crippen molar-refractivity contribution >= 4 is 23.3 Å². The highest BCUT2D eigenvalue weighted by atomic mass is 16.5. The number of rotatable bonds is 9. The Morgan fingerprint density at radius 3 is 2.47 bits per heavy atom. The first-order valence-corrected chi connectivity index (χ1v) is 10.6. The Labute approximate surface area is 196 Å². The second-order valence-corrected chi connectivity index (χ2v) is 7.58. The molecule has 0 aliphatic carbocycles. The van der Waals surface area contributed by atoms with E-state index < -0.39 is 6.04 Å². The van der Waals surface area contributed by atoms with Crippen molar-refractivity contribution in [1.29, 1.82) is 0 Å². The number of hydrogen-bond acceptors (Lipinski definition) is 7. The molecule has 0 fully saturated rings. The zero-order valence-corrected chi connectivity index (χ0v) is 19.4. The van der Waals surface area contributed by atoms with Gasteiger partial charge in [-0.05, 0) is 29.8 Å². The van der Waals surface area contributed by atoms with Crippen molar-refractivity contribution in [3.05, 3.63) is 48.2 Å². The maximum absolute atomic E-state index is 12.8. The molecule has 1 atom stereocenters. The van der Waals surface area contributed by atoms with Crippen LogP contribution in [-0.2, 0) is 20.9 Å². The van der Waals surface area contributed by atoms with Crippen LogP contribution in [0.3, 0.4) is 0 Å². The number of aromatic nitrogens is 2. The summed E-state index contributed by atoms with van der Waals surface area (Å²) < 4.78 is 22.9. The monoisotopic (exact) mass is 466 g/mol. The molecule has 1 unspecified atom stereocenters. The maximum Gasteiger partial charge on any atom is 0.251 e. The van der Waals surface area contributed by atoms with Gasteiger partial charge in [-0.3, -0.25) is 9.59 Å². The second-order valence-electron chi connectivity index (χ2n) is 7.58. The van der Waals surface area contributed by atoms with Gasteiger partial charge in [-0.1, -0.05) is 18.2 Å². The molecule has 2 heterocycles. The minimum Gasteiger partial charge on any atom is -0.495 e. The Morgan fingerprint density at radius 1 is 1.03 bits per heavy atom. The number of carbonyl (C=O) groups is 2. The largest absolute Gasteiger partial charge is 0.495 e. The van der Waals surface area contributed by atoms with Crippen molar-refractivity contribution in [2.24, 2.45) is 0 Å². The topological polar surface area (TPSA) is 113 Å². The van der Waals surface area contributed by atoms with E-state index in [0.29, 0.717) is 40.0 Å². The molecule has 2 amide bonds. The highest BCUT2D eigenvalue weighted by Gasteiger charge is 2.37. The van der Waals surface area contributed by atoms with Crippen LogP contribution >= 0.6 is 0 Å². The van der Waals surface area contributed by atoms with Gasteiger partial charge in [-0.2, -0.15) is 5.10 Å². The highest BCUT2D eigenvalue weighted by Crippen LogP contribution is 2.41. The van der Waals surface area contributed by atoms with E-state index >= 15 is 0 Å². The van der Waals surface area contributed by atoms with Crippen LogP contribution in [0.25, 0.3) is 11.1 Å². The quantitative estimate of drug-likeness (QED) is 0.498. The van der Waals surface area contributed by atoms with Crippen LogP contribution in [0.5, 0.6) is 17.2 Å². The SMILES string of the molecule is COCc1nn2c(c1-c1ccc(OC)c(OC)c1)NC(=O)C2CC(=O)Nc1ccccc1OC. The molecule has 10 nitrogen and oxygen atoms in total. The molecule has 0 saturated carbocycles. The Hall–Kier alpha value is -4.05. The van der Waals surface area contributed by atoms with Gasteiger partial charge >= 0.3 is 0 Å². The van der Waals surface area contributed by atoms with Crippen LogP contribution < -0.4 is 24.8 Å². The van der Waals surface area contributed by atoms with Crippen LogP contribution in [-0.4, -0.2) is 50.0 Å². The third-order valence-electron chi connectivity index (χ3n) is 5.54. The van der Waals surface area contributed by atoms with E-state index in [1.807, 2.05) is 18.2 Å². The molecule has 0 saturated heterocycles. The molecular formula is C24H26N4O6. The Kier molecular flexibility index (Phi) is 6.69. The minimum absolute atomic E-state index is 0.101. The summed E-state index contributed by atoms with van der Waals surface area (Å²) in [5, 5.41) is 10.3. The van der Waals surface area contributed by atoms with Crippen LogP contribution in [0.15, 0.2) is 42.5 Å². The van der Waals surface area contributed by atoms with E-state index in [4.69, 9.17) is 18.9 Å². The third kappa shape index (κ3) is 4.27. The summed E-state index contributed by atoms with van der Waals surface area (Å²) in [6, 6.07) is 11.7. The first-order chi connectivity index (χ1) is 16.5. The average Bonchev–Trinajstić information content (AvgIpc) is 3.33. The zero-order valence-electron chi connectivity index (χ0n) is 19.4. The van der Waals surface area contributed by atoms with Crippen molar-refractivity contribution in [2.45, 2.75) is 19.1 Å². The molecule has 0 radical (unpaired) electrons. The number of para-hydroxylation sites is 2. The fourth-order valence-electron chi connectivity index (χ4n) is 3.97. The molecular weight excluding hydrogens is 440 g/mol. The van der Waals surface area contributed by atoms with Gasteiger partial charge in [0, 0.05) is 7.11 Å². The van der Waals surface area contributed by atoms with E-state index in [1.54, 1.807) is 50.3 Å². The number of anilines is 2. The van der Waals surface area contributed by atoms with Crippen molar-refractivity contribution in [3.63, 3.8) is 0 Å². The van der Waals surface area contributed by atoms with Crippen molar-refractivity contribution in [1.82, 2.24) is 9.78 Å². The van der Waals surface area contributed by atoms with E-state index in [-0.39, 0.29) is 24.8 Å². The molecule has 178 valence electrons.